The van der Waals surface area contributed by atoms with E-state index in [0.717, 1.165) is 11.6 Å². The van der Waals surface area contributed by atoms with Gasteiger partial charge < -0.3 is 5.73 Å². The number of hydrogen-bond acceptors (Lipinski definition) is 2. The van der Waals surface area contributed by atoms with Crippen molar-refractivity contribution in [2.75, 3.05) is 0 Å². The lowest BCUT2D eigenvalue weighted by Crippen LogP contribution is -2.00. The molecule has 1 fully saturated rings. The molecule has 1 aromatic rings. The first-order valence-electron chi connectivity index (χ1n) is 4.06. The molecule has 0 radical (unpaired) electrons. The maximum absolute atomic E-state index is 5.48. The van der Waals surface area contributed by atoms with E-state index in [1.54, 1.807) is 0 Å². The monoisotopic (exact) mass is 184 g/mol. The van der Waals surface area contributed by atoms with E-state index in [-0.39, 0.29) is 12.4 Å². The Labute approximate surface area is 78.6 Å². The van der Waals surface area contributed by atoms with Gasteiger partial charge in [0.2, 0.25) is 0 Å². The van der Waals surface area contributed by atoms with Gasteiger partial charge in [-0.3, -0.25) is 4.98 Å². The van der Waals surface area contributed by atoms with Crippen LogP contribution >= 0.6 is 12.4 Å². The number of halogens is 1. The molecule has 0 bridgehead atoms. The van der Waals surface area contributed by atoms with Crippen molar-refractivity contribution in [2.24, 2.45) is 5.73 Å². The largest absolute Gasteiger partial charge is 0.325 e. The molecule has 0 atom stereocenters. The molecular weight excluding hydrogens is 172 g/mol. The van der Waals surface area contributed by atoms with Crippen molar-refractivity contribution in [1.82, 2.24) is 4.98 Å². The van der Waals surface area contributed by atoms with Gasteiger partial charge in [-0.1, -0.05) is 6.07 Å². The molecule has 0 spiro atoms. The molecule has 2 rings (SSSR count). The summed E-state index contributed by atoms with van der Waals surface area (Å²) in [6, 6.07) is 6.12. The average Bonchev–Trinajstić information content (AvgIpc) is 2.87. The normalized spacial score (nSPS) is 15.4. The third kappa shape index (κ3) is 1.96. The van der Waals surface area contributed by atoms with Crippen molar-refractivity contribution in [1.29, 1.82) is 0 Å². The standard InChI is InChI=1S/C9H12N2.ClH/c10-6-8-2-1-3-9(11-8)7-4-5-7;/h1-3,7H,4-6,10H2;1H. The number of hydrogen-bond donors (Lipinski definition) is 1. The summed E-state index contributed by atoms with van der Waals surface area (Å²) in [6.45, 7) is 0.556. The molecule has 0 aliphatic heterocycles. The Balaban J connectivity index is 0.000000720. The maximum Gasteiger partial charge on any atom is 0.0542 e. The Morgan fingerprint density at radius 1 is 1.42 bits per heavy atom. The highest BCUT2D eigenvalue weighted by Gasteiger charge is 2.24. The van der Waals surface area contributed by atoms with Crippen molar-refractivity contribution in [3.63, 3.8) is 0 Å². The zero-order valence-electron chi connectivity index (χ0n) is 6.86. The zero-order chi connectivity index (χ0) is 7.68. The molecule has 0 aromatic carbocycles. The molecule has 2 nitrogen and oxygen atoms in total. The van der Waals surface area contributed by atoms with Gasteiger partial charge in [0, 0.05) is 18.2 Å². The quantitative estimate of drug-likeness (QED) is 0.762. The van der Waals surface area contributed by atoms with Crippen LogP contribution in [0, 0.1) is 0 Å². The van der Waals surface area contributed by atoms with Gasteiger partial charge in [0.1, 0.15) is 0 Å². The highest BCUT2D eigenvalue weighted by atomic mass is 35.5. The second-order valence-electron chi connectivity index (χ2n) is 3.03. The van der Waals surface area contributed by atoms with Gasteiger partial charge in [-0.2, -0.15) is 0 Å². The lowest BCUT2D eigenvalue weighted by Gasteiger charge is -1.99. The number of nitrogens with zero attached hydrogens (tertiary/aromatic N) is 1. The number of pyridine rings is 1. The minimum absolute atomic E-state index is 0. The van der Waals surface area contributed by atoms with Crippen LogP contribution in [0.25, 0.3) is 0 Å². The van der Waals surface area contributed by atoms with Crippen LogP contribution in [-0.4, -0.2) is 4.98 Å². The van der Waals surface area contributed by atoms with E-state index in [1.807, 2.05) is 12.1 Å². The Kier molecular flexibility index (Phi) is 3.06. The van der Waals surface area contributed by atoms with E-state index in [9.17, 15) is 0 Å². The predicted molar refractivity (Wildman–Crippen MR) is 51.4 cm³/mol. The highest BCUT2D eigenvalue weighted by Crippen LogP contribution is 2.38. The van der Waals surface area contributed by atoms with Crippen LogP contribution in [0.3, 0.4) is 0 Å². The summed E-state index contributed by atoms with van der Waals surface area (Å²) in [5, 5.41) is 0. The van der Waals surface area contributed by atoms with Crippen molar-refractivity contribution < 1.29 is 0 Å². The minimum atomic E-state index is 0. The summed E-state index contributed by atoms with van der Waals surface area (Å²) < 4.78 is 0. The number of nitrogens with two attached hydrogens (primary N) is 1. The first kappa shape index (κ1) is 9.49. The number of rotatable bonds is 2. The third-order valence-corrected chi connectivity index (χ3v) is 2.03. The van der Waals surface area contributed by atoms with Gasteiger partial charge in [-0.25, -0.2) is 0 Å². The molecule has 0 amide bonds. The van der Waals surface area contributed by atoms with E-state index in [0.29, 0.717) is 6.54 Å². The lowest BCUT2D eigenvalue weighted by molar-refractivity contribution is 0.926. The van der Waals surface area contributed by atoms with Gasteiger partial charge >= 0.3 is 0 Å². The van der Waals surface area contributed by atoms with Crippen LogP contribution in [0.4, 0.5) is 0 Å². The number of aromatic nitrogens is 1. The summed E-state index contributed by atoms with van der Waals surface area (Å²) in [7, 11) is 0. The fraction of sp³-hybridized carbons (Fsp3) is 0.444. The summed E-state index contributed by atoms with van der Waals surface area (Å²) in [6.07, 6.45) is 2.61. The summed E-state index contributed by atoms with van der Waals surface area (Å²) >= 11 is 0. The molecule has 1 heterocycles. The molecule has 2 N–H and O–H groups in total. The van der Waals surface area contributed by atoms with Crippen molar-refractivity contribution in [3.05, 3.63) is 29.6 Å². The van der Waals surface area contributed by atoms with Crippen molar-refractivity contribution >= 4 is 12.4 Å². The first-order valence-corrected chi connectivity index (χ1v) is 4.06. The van der Waals surface area contributed by atoms with Crippen LogP contribution in [0.1, 0.15) is 30.1 Å². The lowest BCUT2D eigenvalue weighted by atomic mass is 10.2. The zero-order valence-corrected chi connectivity index (χ0v) is 7.68. The Morgan fingerprint density at radius 3 is 2.75 bits per heavy atom. The van der Waals surface area contributed by atoms with Crippen LogP contribution in [0.15, 0.2) is 18.2 Å². The Morgan fingerprint density at radius 2 is 2.17 bits per heavy atom. The van der Waals surface area contributed by atoms with E-state index in [2.05, 4.69) is 11.1 Å². The van der Waals surface area contributed by atoms with E-state index >= 15 is 0 Å². The van der Waals surface area contributed by atoms with Crippen LogP contribution in [-0.2, 0) is 6.54 Å². The van der Waals surface area contributed by atoms with Gasteiger partial charge in [-0.05, 0) is 25.0 Å². The Hall–Kier alpha value is -0.600. The fourth-order valence-electron chi connectivity index (χ4n) is 1.22. The molecule has 1 saturated carbocycles. The second kappa shape index (κ2) is 3.87. The second-order valence-corrected chi connectivity index (χ2v) is 3.03. The van der Waals surface area contributed by atoms with E-state index in [1.165, 1.54) is 18.5 Å². The molecule has 3 heteroatoms. The maximum atomic E-state index is 5.48. The summed E-state index contributed by atoms with van der Waals surface area (Å²) in [5.74, 6) is 0.737. The molecule has 1 aromatic heterocycles. The smallest absolute Gasteiger partial charge is 0.0542 e. The predicted octanol–water partition coefficient (Wildman–Crippen LogP) is 1.84. The molecule has 0 unspecified atom stereocenters. The van der Waals surface area contributed by atoms with Gasteiger partial charge in [0.25, 0.3) is 0 Å². The highest BCUT2D eigenvalue weighted by molar-refractivity contribution is 5.85. The van der Waals surface area contributed by atoms with Gasteiger partial charge in [-0.15, -0.1) is 12.4 Å². The molecule has 1 aliphatic carbocycles. The third-order valence-electron chi connectivity index (χ3n) is 2.03. The summed E-state index contributed by atoms with van der Waals surface area (Å²) in [5.41, 5.74) is 7.72. The van der Waals surface area contributed by atoms with E-state index in [4.69, 9.17) is 5.73 Å². The molecule has 12 heavy (non-hydrogen) atoms. The first-order chi connectivity index (χ1) is 5.40. The topological polar surface area (TPSA) is 38.9 Å². The van der Waals surface area contributed by atoms with E-state index < -0.39 is 0 Å². The molecule has 1 aliphatic rings. The Bertz CT molecular complexity index is 258. The summed E-state index contributed by atoms with van der Waals surface area (Å²) in [4.78, 5) is 4.43. The molecule has 0 saturated heterocycles. The van der Waals surface area contributed by atoms with Crippen molar-refractivity contribution in [3.8, 4) is 0 Å². The van der Waals surface area contributed by atoms with Gasteiger partial charge in [0.15, 0.2) is 0 Å². The fourth-order valence-corrected chi connectivity index (χ4v) is 1.22. The van der Waals surface area contributed by atoms with Crippen LogP contribution in [0.5, 0.6) is 0 Å². The van der Waals surface area contributed by atoms with Crippen LogP contribution < -0.4 is 5.73 Å². The SMILES string of the molecule is Cl.NCc1cccc(C2CC2)n1. The minimum Gasteiger partial charge on any atom is -0.325 e. The van der Waals surface area contributed by atoms with Crippen molar-refractivity contribution in [2.45, 2.75) is 25.3 Å². The molecular formula is C9H13ClN2. The van der Waals surface area contributed by atoms with Crippen LogP contribution in [0.2, 0.25) is 0 Å². The van der Waals surface area contributed by atoms with Gasteiger partial charge in [0.05, 0.1) is 5.69 Å². The average molecular weight is 185 g/mol. The molecule has 66 valence electrons.